The quantitative estimate of drug-likeness (QED) is 0.939. The van der Waals surface area contributed by atoms with Gasteiger partial charge >= 0.3 is 0 Å². The van der Waals surface area contributed by atoms with E-state index in [1.165, 1.54) is 16.1 Å². The Kier molecular flexibility index (Phi) is 3.85. The molecule has 1 N–H and O–H groups in total. The molecule has 0 saturated heterocycles. The Morgan fingerprint density at radius 2 is 2.10 bits per heavy atom. The van der Waals surface area contributed by atoms with Gasteiger partial charge in [0.15, 0.2) is 0 Å². The molecule has 4 heteroatoms. The van der Waals surface area contributed by atoms with E-state index in [-0.39, 0.29) is 0 Å². The smallest absolute Gasteiger partial charge is 0.115 e. The fourth-order valence-electron chi connectivity index (χ4n) is 2.46. The summed E-state index contributed by atoms with van der Waals surface area (Å²) >= 11 is 1.74. The van der Waals surface area contributed by atoms with E-state index < -0.39 is 0 Å². The van der Waals surface area contributed by atoms with Crippen LogP contribution < -0.4 is 0 Å². The van der Waals surface area contributed by atoms with Crippen LogP contribution in [0.15, 0.2) is 35.7 Å². The Bertz CT molecular complexity index is 616. The summed E-state index contributed by atoms with van der Waals surface area (Å²) in [5.41, 5.74) is 3.70. The minimum atomic E-state index is 0.325. The molecule has 0 unspecified atom stereocenters. The molecule has 0 spiro atoms. The summed E-state index contributed by atoms with van der Waals surface area (Å²) in [6, 6.07) is 7.48. The van der Waals surface area contributed by atoms with Crippen molar-refractivity contribution in [2.24, 2.45) is 0 Å². The van der Waals surface area contributed by atoms with Gasteiger partial charge < -0.3 is 5.11 Å². The van der Waals surface area contributed by atoms with Crippen LogP contribution in [0.25, 0.3) is 5.57 Å². The van der Waals surface area contributed by atoms with Crippen LogP contribution in [0.3, 0.4) is 0 Å². The third-order valence-electron chi connectivity index (χ3n) is 3.56. The third kappa shape index (κ3) is 3.08. The average molecular weight is 286 g/mol. The first kappa shape index (κ1) is 13.3. The van der Waals surface area contributed by atoms with Gasteiger partial charge in [0, 0.05) is 24.2 Å². The molecule has 1 aromatic heterocycles. The fourth-order valence-corrected chi connectivity index (χ4v) is 3.27. The first-order valence-corrected chi connectivity index (χ1v) is 7.70. The lowest BCUT2D eigenvalue weighted by molar-refractivity contribution is 0.293. The number of benzene rings is 1. The van der Waals surface area contributed by atoms with Crippen LogP contribution in [0, 0.1) is 6.92 Å². The highest BCUT2D eigenvalue weighted by atomic mass is 32.1. The molecular weight excluding hydrogens is 268 g/mol. The SMILES string of the molecule is Cc1csc(CN2CC=C(c3ccc(O)cc3)CC2)n1. The minimum absolute atomic E-state index is 0.325. The molecule has 0 saturated carbocycles. The first-order valence-electron chi connectivity index (χ1n) is 6.82. The lowest BCUT2D eigenvalue weighted by atomic mass is 9.99. The highest BCUT2D eigenvalue weighted by molar-refractivity contribution is 7.09. The number of nitrogens with zero attached hydrogens (tertiary/aromatic N) is 2. The molecule has 3 nitrogen and oxygen atoms in total. The molecule has 2 aromatic rings. The Balaban J connectivity index is 1.64. The zero-order valence-electron chi connectivity index (χ0n) is 11.5. The maximum Gasteiger partial charge on any atom is 0.115 e. The van der Waals surface area contributed by atoms with Crippen molar-refractivity contribution < 1.29 is 5.11 Å². The number of aryl methyl sites for hydroxylation is 1. The lowest BCUT2D eigenvalue weighted by Gasteiger charge is -2.25. The summed E-state index contributed by atoms with van der Waals surface area (Å²) < 4.78 is 0. The number of hydrogen-bond acceptors (Lipinski definition) is 4. The summed E-state index contributed by atoms with van der Waals surface area (Å²) in [6.45, 7) is 5.01. The summed E-state index contributed by atoms with van der Waals surface area (Å²) in [4.78, 5) is 6.94. The average Bonchev–Trinajstić information content (AvgIpc) is 2.86. The fraction of sp³-hybridized carbons (Fsp3) is 0.312. The van der Waals surface area contributed by atoms with Gasteiger partial charge in [-0.25, -0.2) is 4.98 Å². The monoisotopic (exact) mass is 286 g/mol. The van der Waals surface area contributed by atoms with Gasteiger partial charge in [-0.15, -0.1) is 11.3 Å². The summed E-state index contributed by atoms with van der Waals surface area (Å²) in [6.07, 6.45) is 3.34. The molecule has 0 aliphatic carbocycles. The molecular formula is C16H18N2OS. The van der Waals surface area contributed by atoms with Crippen molar-refractivity contribution in [2.75, 3.05) is 13.1 Å². The number of hydrogen-bond donors (Lipinski definition) is 1. The Hall–Kier alpha value is -1.65. The van der Waals surface area contributed by atoms with Gasteiger partial charge in [0.05, 0.1) is 6.54 Å². The van der Waals surface area contributed by atoms with Crippen LogP contribution in [0.1, 0.15) is 22.7 Å². The van der Waals surface area contributed by atoms with Gasteiger partial charge in [0.1, 0.15) is 10.8 Å². The molecule has 0 atom stereocenters. The predicted octanol–water partition coefficient (Wildman–Crippen LogP) is 3.45. The molecule has 1 aliphatic rings. The molecule has 2 heterocycles. The number of phenols is 1. The third-order valence-corrected chi connectivity index (χ3v) is 4.51. The number of phenolic OH excluding ortho intramolecular Hbond substituents is 1. The van der Waals surface area contributed by atoms with Gasteiger partial charge in [-0.1, -0.05) is 18.2 Å². The van der Waals surface area contributed by atoms with Crippen LogP contribution in [-0.4, -0.2) is 28.1 Å². The second kappa shape index (κ2) is 5.77. The van der Waals surface area contributed by atoms with E-state index in [0.717, 1.165) is 31.7 Å². The second-order valence-electron chi connectivity index (χ2n) is 5.14. The van der Waals surface area contributed by atoms with Crippen molar-refractivity contribution in [3.8, 4) is 5.75 Å². The van der Waals surface area contributed by atoms with Crippen LogP contribution in [0.5, 0.6) is 5.75 Å². The second-order valence-corrected chi connectivity index (χ2v) is 6.09. The zero-order chi connectivity index (χ0) is 13.9. The van der Waals surface area contributed by atoms with E-state index in [1.807, 2.05) is 19.1 Å². The maximum absolute atomic E-state index is 9.33. The van der Waals surface area contributed by atoms with Crippen LogP contribution in [0.2, 0.25) is 0 Å². The zero-order valence-corrected chi connectivity index (χ0v) is 12.4. The summed E-state index contributed by atoms with van der Waals surface area (Å²) in [7, 11) is 0. The van der Waals surface area contributed by atoms with E-state index in [1.54, 1.807) is 23.5 Å². The molecule has 1 aromatic carbocycles. The van der Waals surface area contributed by atoms with E-state index in [9.17, 15) is 5.11 Å². The van der Waals surface area contributed by atoms with E-state index in [2.05, 4.69) is 21.3 Å². The van der Waals surface area contributed by atoms with Crippen molar-refractivity contribution in [2.45, 2.75) is 19.9 Å². The van der Waals surface area contributed by atoms with Crippen LogP contribution in [0.4, 0.5) is 0 Å². The van der Waals surface area contributed by atoms with Gasteiger partial charge in [-0.05, 0) is 36.6 Å². The summed E-state index contributed by atoms with van der Waals surface area (Å²) in [5, 5.41) is 12.6. The Morgan fingerprint density at radius 3 is 2.70 bits per heavy atom. The maximum atomic E-state index is 9.33. The van der Waals surface area contributed by atoms with Gasteiger partial charge in [-0.3, -0.25) is 4.90 Å². The van der Waals surface area contributed by atoms with Crippen molar-refractivity contribution in [3.05, 3.63) is 52.0 Å². The Labute approximate surface area is 123 Å². The summed E-state index contributed by atoms with van der Waals surface area (Å²) in [5.74, 6) is 0.325. The molecule has 0 radical (unpaired) electrons. The molecule has 1 aliphatic heterocycles. The first-order chi connectivity index (χ1) is 9.70. The van der Waals surface area contributed by atoms with E-state index in [4.69, 9.17) is 0 Å². The normalized spacial score (nSPS) is 16.1. The van der Waals surface area contributed by atoms with Crippen LogP contribution >= 0.6 is 11.3 Å². The molecule has 104 valence electrons. The van der Waals surface area contributed by atoms with Crippen molar-refractivity contribution in [1.29, 1.82) is 0 Å². The minimum Gasteiger partial charge on any atom is -0.508 e. The molecule has 20 heavy (non-hydrogen) atoms. The highest BCUT2D eigenvalue weighted by Crippen LogP contribution is 2.25. The number of aromatic hydroxyl groups is 1. The molecule has 0 bridgehead atoms. The van der Waals surface area contributed by atoms with Crippen LogP contribution in [-0.2, 0) is 6.54 Å². The van der Waals surface area contributed by atoms with Crippen molar-refractivity contribution >= 4 is 16.9 Å². The number of thiazole rings is 1. The highest BCUT2D eigenvalue weighted by Gasteiger charge is 2.14. The Morgan fingerprint density at radius 1 is 1.30 bits per heavy atom. The standard InChI is InChI=1S/C16H18N2OS/c1-12-11-20-16(17-12)10-18-8-6-14(7-9-18)13-2-4-15(19)5-3-13/h2-6,11,19H,7-10H2,1H3. The van der Waals surface area contributed by atoms with E-state index >= 15 is 0 Å². The number of aromatic nitrogens is 1. The topological polar surface area (TPSA) is 36.4 Å². The van der Waals surface area contributed by atoms with Gasteiger partial charge in [0.25, 0.3) is 0 Å². The molecule has 3 rings (SSSR count). The molecule has 0 fully saturated rings. The largest absolute Gasteiger partial charge is 0.508 e. The number of rotatable bonds is 3. The van der Waals surface area contributed by atoms with Gasteiger partial charge in [-0.2, -0.15) is 0 Å². The van der Waals surface area contributed by atoms with Crippen molar-refractivity contribution in [3.63, 3.8) is 0 Å². The van der Waals surface area contributed by atoms with E-state index in [0.29, 0.717) is 5.75 Å². The van der Waals surface area contributed by atoms with Gasteiger partial charge in [0.2, 0.25) is 0 Å². The predicted molar refractivity (Wildman–Crippen MR) is 82.8 cm³/mol. The molecule has 0 amide bonds. The van der Waals surface area contributed by atoms with Crippen molar-refractivity contribution in [1.82, 2.24) is 9.88 Å². The lowest BCUT2D eigenvalue weighted by Crippen LogP contribution is -2.27.